The lowest BCUT2D eigenvalue weighted by atomic mass is 9.75. The number of aromatic nitrogens is 1. The molecule has 5 heteroatoms. The van der Waals surface area contributed by atoms with Crippen LogP contribution in [-0.2, 0) is 21.6 Å². The Balaban J connectivity index is 1.11. The molecule has 0 aliphatic rings. The molecule has 7 rings (SSSR count). The van der Waals surface area contributed by atoms with Crippen molar-refractivity contribution in [1.29, 1.82) is 0 Å². The standard InChI is InChI=1S/C47H42N2O3/c1-37-23-25-38(26-24-37)14-13-33-50-34-31-49(32-35-51-36-39-27-29-40(30-28-39)46-48-44-21-11-12-22-45(44)52-46)47(41-15-5-2-6-16-41,42-17-7-3-8-18-42)43-19-9-4-10-20-43/h2-12,15-30H,31-36H2,1H3. The maximum Gasteiger partial charge on any atom is 0.227 e. The maximum atomic E-state index is 6.40. The van der Waals surface area contributed by atoms with Crippen molar-refractivity contribution in [1.82, 2.24) is 9.88 Å². The normalized spacial score (nSPS) is 11.4. The topological polar surface area (TPSA) is 47.7 Å². The molecule has 0 amide bonds. The van der Waals surface area contributed by atoms with Crippen molar-refractivity contribution >= 4 is 11.1 Å². The van der Waals surface area contributed by atoms with E-state index in [2.05, 4.69) is 144 Å². The lowest BCUT2D eigenvalue weighted by Gasteiger charge is -2.45. The Bertz CT molecular complexity index is 2070. The van der Waals surface area contributed by atoms with Crippen molar-refractivity contribution in [2.75, 3.05) is 32.9 Å². The summed E-state index contributed by atoms with van der Waals surface area (Å²) in [6.45, 7) is 5.28. The van der Waals surface area contributed by atoms with Crippen molar-refractivity contribution < 1.29 is 13.9 Å². The molecule has 0 spiro atoms. The molecule has 0 fully saturated rings. The Morgan fingerprint density at radius 3 is 1.77 bits per heavy atom. The Hall–Kier alpha value is -5.77. The van der Waals surface area contributed by atoms with Crippen LogP contribution in [0, 0.1) is 18.8 Å². The first-order chi connectivity index (χ1) is 25.7. The highest BCUT2D eigenvalue weighted by molar-refractivity contribution is 5.76. The minimum Gasteiger partial charge on any atom is -0.436 e. The van der Waals surface area contributed by atoms with Gasteiger partial charge in [0, 0.05) is 24.2 Å². The Morgan fingerprint density at radius 1 is 0.615 bits per heavy atom. The van der Waals surface area contributed by atoms with Crippen molar-refractivity contribution in [2.24, 2.45) is 0 Å². The summed E-state index contributed by atoms with van der Waals surface area (Å²) < 4.78 is 18.6. The molecule has 0 radical (unpaired) electrons. The fourth-order valence-corrected chi connectivity index (χ4v) is 6.71. The SMILES string of the molecule is Cc1ccc(C#CCOCCN(CCOCc2ccc(-c3nc4ccccc4o3)cc2)C(c2ccccc2)(c2ccccc2)c2ccccc2)cc1. The second kappa shape index (κ2) is 17.0. The zero-order valence-corrected chi connectivity index (χ0v) is 29.5. The fraction of sp³-hybridized carbons (Fsp3) is 0.170. The predicted molar refractivity (Wildman–Crippen MR) is 209 cm³/mol. The molecule has 0 saturated carbocycles. The van der Waals surface area contributed by atoms with Gasteiger partial charge in [0.25, 0.3) is 0 Å². The molecule has 6 aromatic carbocycles. The van der Waals surface area contributed by atoms with Gasteiger partial charge in [-0.15, -0.1) is 0 Å². The van der Waals surface area contributed by atoms with Gasteiger partial charge in [0.05, 0.1) is 25.4 Å². The van der Waals surface area contributed by atoms with Crippen LogP contribution in [0.15, 0.2) is 168 Å². The van der Waals surface area contributed by atoms with E-state index in [0.717, 1.165) is 27.8 Å². The van der Waals surface area contributed by atoms with Crippen LogP contribution >= 0.6 is 0 Å². The summed E-state index contributed by atoms with van der Waals surface area (Å²) in [6.07, 6.45) is 0. The van der Waals surface area contributed by atoms with E-state index in [9.17, 15) is 0 Å². The molecule has 0 unspecified atom stereocenters. The summed E-state index contributed by atoms with van der Waals surface area (Å²) in [6, 6.07) is 56.6. The fourth-order valence-electron chi connectivity index (χ4n) is 6.71. The number of hydrogen-bond donors (Lipinski definition) is 0. The van der Waals surface area contributed by atoms with Crippen LogP contribution < -0.4 is 0 Å². The number of ether oxygens (including phenoxy) is 2. The van der Waals surface area contributed by atoms with Crippen LogP contribution in [0.3, 0.4) is 0 Å². The molecule has 0 saturated heterocycles. The quantitative estimate of drug-likeness (QED) is 0.0650. The van der Waals surface area contributed by atoms with Crippen molar-refractivity contribution in [3.63, 3.8) is 0 Å². The van der Waals surface area contributed by atoms with Gasteiger partial charge in [-0.05, 0) is 65.6 Å². The van der Waals surface area contributed by atoms with Crippen LogP contribution in [0.1, 0.15) is 33.4 Å². The third-order valence-corrected chi connectivity index (χ3v) is 9.28. The number of fused-ring (bicyclic) bond motifs is 1. The minimum atomic E-state index is -0.592. The predicted octanol–water partition coefficient (Wildman–Crippen LogP) is 9.68. The summed E-state index contributed by atoms with van der Waals surface area (Å²) in [5.41, 5.74) is 8.83. The lowest BCUT2D eigenvalue weighted by molar-refractivity contribution is 0.0436. The Labute approximate surface area is 306 Å². The highest BCUT2D eigenvalue weighted by Crippen LogP contribution is 2.42. The Morgan fingerprint density at radius 2 is 1.17 bits per heavy atom. The monoisotopic (exact) mass is 682 g/mol. The molecule has 0 N–H and O–H groups in total. The largest absolute Gasteiger partial charge is 0.436 e. The smallest absolute Gasteiger partial charge is 0.227 e. The first-order valence-corrected chi connectivity index (χ1v) is 17.8. The van der Waals surface area contributed by atoms with Crippen molar-refractivity contribution in [2.45, 2.75) is 19.1 Å². The van der Waals surface area contributed by atoms with E-state index in [-0.39, 0.29) is 0 Å². The van der Waals surface area contributed by atoms with E-state index in [1.165, 1.54) is 22.3 Å². The van der Waals surface area contributed by atoms with Gasteiger partial charge in [-0.2, -0.15) is 0 Å². The van der Waals surface area contributed by atoms with Gasteiger partial charge >= 0.3 is 0 Å². The maximum absolute atomic E-state index is 6.40. The zero-order chi connectivity index (χ0) is 35.4. The molecule has 0 aliphatic heterocycles. The molecule has 258 valence electrons. The first kappa shape index (κ1) is 34.7. The van der Waals surface area contributed by atoms with Crippen LogP contribution in [0.25, 0.3) is 22.6 Å². The number of rotatable bonds is 14. The van der Waals surface area contributed by atoms with Gasteiger partial charge in [0.15, 0.2) is 5.58 Å². The lowest BCUT2D eigenvalue weighted by Crippen LogP contribution is -2.50. The highest BCUT2D eigenvalue weighted by Gasteiger charge is 2.41. The van der Waals surface area contributed by atoms with Crippen LogP contribution in [-0.4, -0.2) is 42.8 Å². The van der Waals surface area contributed by atoms with Gasteiger partial charge in [0.1, 0.15) is 12.1 Å². The summed E-state index contributed by atoms with van der Waals surface area (Å²) >= 11 is 0. The second-order valence-corrected chi connectivity index (χ2v) is 12.8. The van der Waals surface area contributed by atoms with E-state index < -0.39 is 5.54 Å². The zero-order valence-electron chi connectivity index (χ0n) is 29.5. The van der Waals surface area contributed by atoms with E-state index in [0.29, 0.717) is 45.4 Å². The minimum absolute atomic E-state index is 0.354. The molecule has 0 aliphatic carbocycles. The number of nitrogens with zero attached hydrogens (tertiary/aromatic N) is 2. The van der Waals surface area contributed by atoms with Gasteiger partial charge in [-0.1, -0.05) is 145 Å². The summed E-state index contributed by atoms with van der Waals surface area (Å²) in [4.78, 5) is 7.14. The molecule has 52 heavy (non-hydrogen) atoms. The molecule has 1 heterocycles. The van der Waals surface area contributed by atoms with Gasteiger partial charge in [-0.3, -0.25) is 4.90 Å². The van der Waals surface area contributed by atoms with Crippen LogP contribution in [0.5, 0.6) is 0 Å². The highest BCUT2D eigenvalue weighted by atomic mass is 16.5. The molecule has 1 aromatic heterocycles. The van der Waals surface area contributed by atoms with Crippen molar-refractivity contribution in [3.8, 4) is 23.3 Å². The van der Waals surface area contributed by atoms with Gasteiger partial charge in [-0.25, -0.2) is 4.98 Å². The molecule has 7 aromatic rings. The number of oxazole rings is 1. The van der Waals surface area contributed by atoms with E-state index in [1.54, 1.807) is 0 Å². The summed E-state index contributed by atoms with van der Waals surface area (Å²) in [5.74, 6) is 7.04. The van der Waals surface area contributed by atoms with Gasteiger partial charge < -0.3 is 13.9 Å². The van der Waals surface area contributed by atoms with Crippen molar-refractivity contribution in [3.05, 3.63) is 197 Å². The average Bonchev–Trinajstić information content (AvgIpc) is 3.65. The van der Waals surface area contributed by atoms with Crippen LogP contribution in [0.4, 0.5) is 0 Å². The number of para-hydroxylation sites is 2. The first-order valence-electron chi connectivity index (χ1n) is 17.8. The average molecular weight is 683 g/mol. The molecular formula is C47H42N2O3. The van der Waals surface area contributed by atoms with Gasteiger partial charge in [0.2, 0.25) is 5.89 Å². The third-order valence-electron chi connectivity index (χ3n) is 9.28. The molecule has 0 atom stereocenters. The van der Waals surface area contributed by atoms with E-state index >= 15 is 0 Å². The number of aryl methyl sites for hydroxylation is 1. The molecule has 0 bridgehead atoms. The molecule has 5 nitrogen and oxygen atoms in total. The summed E-state index contributed by atoms with van der Waals surface area (Å²) in [7, 11) is 0. The number of benzene rings is 6. The second-order valence-electron chi connectivity index (χ2n) is 12.8. The number of hydrogen-bond acceptors (Lipinski definition) is 5. The molecular weight excluding hydrogens is 641 g/mol. The third kappa shape index (κ3) is 8.07. The summed E-state index contributed by atoms with van der Waals surface area (Å²) in [5, 5.41) is 0. The van der Waals surface area contributed by atoms with E-state index in [1.807, 2.05) is 48.5 Å². The Kier molecular flexibility index (Phi) is 11.3. The van der Waals surface area contributed by atoms with Crippen LogP contribution in [0.2, 0.25) is 0 Å². The van der Waals surface area contributed by atoms with E-state index in [4.69, 9.17) is 13.9 Å².